The number of hydrogen-bond acceptors (Lipinski definition) is 11. The Morgan fingerprint density at radius 1 is 1.10 bits per heavy atom. The quantitative estimate of drug-likeness (QED) is 0.196. The fourth-order valence-electron chi connectivity index (χ4n) is 4.97. The molecule has 1 saturated heterocycles. The van der Waals surface area contributed by atoms with Crippen molar-refractivity contribution in [3.8, 4) is 11.3 Å². The number of pyridine rings is 1. The number of hydrogen-bond donors (Lipinski definition) is 1. The molecule has 42 heavy (non-hydrogen) atoms. The van der Waals surface area contributed by atoms with Crippen LogP contribution in [0.3, 0.4) is 0 Å². The second-order valence-corrected chi connectivity index (χ2v) is 11.7. The van der Waals surface area contributed by atoms with Crippen LogP contribution in [0.25, 0.3) is 17.3 Å². The number of imide groups is 1. The van der Waals surface area contributed by atoms with Crippen molar-refractivity contribution in [2.24, 2.45) is 5.92 Å². The molecule has 3 aromatic rings. The van der Waals surface area contributed by atoms with Gasteiger partial charge in [-0.3, -0.25) is 29.6 Å². The standard InChI is InChI=1S/C29H29N5O6S2/c1-18(35)39-17-40-29(38)34(15-22-3-2-4-24(31-22)20-10-12-41-16-20)23-7-5-19(6-8-23)13-26-30-11-9-21(32-26)14-25-27(36)33-28(37)42-25/h2-4,9-12,14,16,19,23H,5-8,13,15,17H2,1H3,(H,33,36,37)/b25-14-. The van der Waals surface area contributed by atoms with E-state index >= 15 is 0 Å². The molecule has 13 heteroatoms. The number of aromatic nitrogens is 3. The fraction of sp³-hybridized carbons (Fsp3) is 0.345. The number of nitrogens with zero attached hydrogens (tertiary/aromatic N) is 4. The van der Waals surface area contributed by atoms with Crippen molar-refractivity contribution in [3.63, 3.8) is 0 Å². The first kappa shape index (κ1) is 29.4. The lowest BCUT2D eigenvalue weighted by molar-refractivity contribution is -0.149. The van der Waals surface area contributed by atoms with Crippen LogP contribution < -0.4 is 5.32 Å². The summed E-state index contributed by atoms with van der Waals surface area (Å²) < 4.78 is 10.1. The van der Waals surface area contributed by atoms with E-state index in [1.54, 1.807) is 34.6 Å². The predicted molar refractivity (Wildman–Crippen MR) is 157 cm³/mol. The van der Waals surface area contributed by atoms with Gasteiger partial charge in [0.05, 0.1) is 28.5 Å². The molecule has 4 heterocycles. The van der Waals surface area contributed by atoms with Crippen LogP contribution in [0.15, 0.2) is 52.2 Å². The summed E-state index contributed by atoms with van der Waals surface area (Å²) in [5, 5.41) is 5.87. The molecule has 2 aliphatic rings. The first-order valence-corrected chi connectivity index (χ1v) is 15.2. The van der Waals surface area contributed by atoms with E-state index < -0.39 is 30.0 Å². The topological polar surface area (TPSA) is 141 Å². The first-order valence-electron chi connectivity index (χ1n) is 13.5. The van der Waals surface area contributed by atoms with Crippen molar-refractivity contribution in [2.45, 2.75) is 51.6 Å². The maximum absolute atomic E-state index is 13.1. The average molecular weight is 608 g/mol. The third-order valence-electron chi connectivity index (χ3n) is 7.01. The minimum atomic E-state index is -0.557. The Morgan fingerprint density at radius 3 is 2.64 bits per heavy atom. The normalized spacial score (nSPS) is 19.4. The summed E-state index contributed by atoms with van der Waals surface area (Å²) in [6.07, 6.45) is 6.54. The highest BCUT2D eigenvalue weighted by atomic mass is 32.2. The Kier molecular flexibility index (Phi) is 9.59. The maximum atomic E-state index is 13.1. The van der Waals surface area contributed by atoms with Crippen LogP contribution in [-0.4, -0.2) is 55.9 Å². The molecule has 1 aliphatic heterocycles. The van der Waals surface area contributed by atoms with Gasteiger partial charge in [-0.1, -0.05) is 6.07 Å². The SMILES string of the molecule is CC(=O)OCOC(=O)N(Cc1cccc(-c2ccsc2)n1)C1CCC(Cc2nccc(/C=C3\SC(=O)NC3=O)n2)CC1. The Bertz CT molecular complexity index is 1490. The molecule has 0 unspecified atom stereocenters. The zero-order valence-corrected chi connectivity index (χ0v) is 24.5. The average Bonchev–Trinajstić information content (AvgIpc) is 3.62. The van der Waals surface area contributed by atoms with Crippen LogP contribution in [0.5, 0.6) is 0 Å². The van der Waals surface area contributed by atoms with Crippen LogP contribution >= 0.6 is 23.1 Å². The fourth-order valence-corrected chi connectivity index (χ4v) is 6.29. The van der Waals surface area contributed by atoms with Crippen molar-refractivity contribution in [2.75, 3.05) is 6.79 Å². The number of carbonyl (C=O) groups excluding carboxylic acids is 4. The second kappa shape index (κ2) is 13.7. The number of carbonyl (C=O) groups is 4. The van der Waals surface area contributed by atoms with Gasteiger partial charge in [-0.15, -0.1) is 0 Å². The van der Waals surface area contributed by atoms with Crippen molar-refractivity contribution < 1.29 is 28.7 Å². The van der Waals surface area contributed by atoms with Gasteiger partial charge in [0.1, 0.15) is 5.82 Å². The molecular formula is C29H29N5O6S2. The van der Waals surface area contributed by atoms with Crippen LogP contribution in [-0.2, 0) is 32.0 Å². The molecule has 0 atom stereocenters. The van der Waals surface area contributed by atoms with E-state index in [1.165, 1.54) is 6.92 Å². The van der Waals surface area contributed by atoms with E-state index in [1.807, 2.05) is 35.0 Å². The van der Waals surface area contributed by atoms with Gasteiger partial charge in [-0.05, 0) is 79.1 Å². The molecular weight excluding hydrogens is 578 g/mol. The van der Waals surface area contributed by atoms with Gasteiger partial charge in [-0.25, -0.2) is 14.8 Å². The van der Waals surface area contributed by atoms with Crippen LogP contribution in [0.2, 0.25) is 0 Å². The lowest BCUT2D eigenvalue weighted by atomic mass is 9.83. The third kappa shape index (κ3) is 7.79. The Labute approximate surface area is 250 Å². The monoisotopic (exact) mass is 607 g/mol. The lowest BCUT2D eigenvalue weighted by Crippen LogP contribution is -2.43. The maximum Gasteiger partial charge on any atom is 0.413 e. The van der Waals surface area contributed by atoms with Crippen molar-refractivity contribution in [1.29, 1.82) is 0 Å². The number of rotatable bonds is 9. The van der Waals surface area contributed by atoms with E-state index in [2.05, 4.69) is 15.3 Å². The molecule has 1 N–H and O–H groups in total. The minimum Gasteiger partial charge on any atom is -0.428 e. The predicted octanol–water partition coefficient (Wildman–Crippen LogP) is 5.18. The number of amides is 3. The molecule has 218 valence electrons. The number of thioether (sulfide) groups is 1. The summed E-state index contributed by atoms with van der Waals surface area (Å²) in [4.78, 5) is 63.4. The second-order valence-electron chi connectivity index (χ2n) is 9.95. The van der Waals surface area contributed by atoms with Gasteiger partial charge in [0.25, 0.3) is 11.1 Å². The highest BCUT2D eigenvalue weighted by Gasteiger charge is 2.31. The molecule has 0 bridgehead atoms. The largest absolute Gasteiger partial charge is 0.428 e. The molecule has 0 radical (unpaired) electrons. The lowest BCUT2D eigenvalue weighted by Gasteiger charge is -2.36. The van der Waals surface area contributed by atoms with Gasteiger partial charge < -0.3 is 9.47 Å². The Balaban J connectivity index is 1.23. The van der Waals surface area contributed by atoms with E-state index in [0.717, 1.165) is 54.4 Å². The summed E-state index contributed by atoms with van der Waals surface area (Å²) >= 11 is 2.45. The van der Waals surface area contributed by atoms with Gasteiger partial charge in [0.15, 0.2) is 0 Å². The van der Waals surface area contributed by atoms with Gasteiger partial charge in [-0.2, -0.15) is 11.3 Å². The van der Waals surface area contributed by atoms with Crippen molar-refractivity contribution in [1.82, 2.24) is 25.2 Å². The van der Waals surface area contributed by atoms with E-state index in [0.29, 0.717) is 28.8 Å². The smallest absolute Gasteiger partial charge is 0.413 e. The molecule has 0 aromatic carbocycles. The molecule has 3 amide bonds. The van der Waals surface area contributed by atoms with Crippen LogP contribution in [0.1, 0.15) is 49.8 Å². The van der Waals surface area contributed by atoms with Crippen LogP contribution in [0.4, 0.5) is 9.59 Å². The Morgan fingerprint density at radius 2 is 1.93 bits per heavy atom. The molecule has 3 aromatic heterocycles. The van der Waals surface area contributed by atoms with E-state index in [4.69, 9.17) is 14.5 Å². The third-order valence-corrected chi connectivity index (χ3v) is 8.51. The zero-order chi connectivity index (χ0) is 29.5. The molecule has 11 nitrogen and oxygen atoms in total. The minimum absolute atomic E-state index is 0.0786. The summed E-state index contributed by atoms with van der Waals surface area (Å²) in [6, 6.07) is 9.38. The molecule has 2 fully saturated rings. The summed E-state index contributed by atoms with van der Waals surface area (Å²) in [6.45, 7) is 1.08. The van der Waals surface area contributed by atoms with Gasteiger partial charge in [0, 0.05) is 36.5 Å². The summed E-state index contributed by atoms with van der Waals surface area (Å²) in [5.74, 6) is 0.0255. The van der Waals surface area contributed by atoms with Crippen molar-refractivity contribution >= 4 is 52.4 Å². The zero-order valence-electron chi connectivity index (χ0n) is 22.9. The number of thiophene rings is 1. The number of nitrogens with one attached hydrogen (secondary N) is 1. The summed E-state index contributed by atoms with van der Waals surface area (Å²) in [7, 11) is 0. The van der Waals surface area contributed by atoms with Crippen molar-refractivity contribution in [3.05, 3.63) is 69.4 Å². The highest BCUT2D eigenvalue weighted by molar-refractivity contribution is 8.18. The first-order chi connectivity index (χ1) is 20.3. The molecule has 1 aliphatic carbocycles. The van der Waals surface area contributed by atoms with E-state index in [-0.39, 0.29) is 12.6 Å². The molecule has 0 spiro atoms. The van der Waals surface area contributed by atoms with Gasteiger partial charge >= 0.3 is 12.1 Å². The van der Waals surface area contributed by atoms with Gasteiger partial charge in [0.2, 0.25) is 6.79 Å². The summed E-state index contributed by atoms with van der Waals surface area (Å²) in [5.41, 5.74) is 3.16. The molecule has 5 rings (SSSR count). The Hall–Kier alpha value is -4.10. The van der Waals surface area contributed by atoms with Crippen LogP contribution in [0, 0.1) is 5.92 Å². The number of esters is 1. The molecule has 1 saturated carbocycles. The highest BCUT2D eigenvalue weighted by Crippen LogP contribution is 2.31. The number of ether oxygens (including phenoxy) is 2. The van der Waals surface area contributed by atoms with E-state index in [9.17, 15) is 19.2 Å².